The number of methoxy groups -OCH3 is 1. The Bertz CT molecular complexity index is 758. The van der Waals surface area contributed by atoms with Gasteiger partial charge in [0.2, 0.25) is 11.8 Å². The van der Waals surface area contributed by atoms with Crippen LogP contribution in [0, 0.1) is 6.92 Å². The van der Waals surface area contributed by atoms with E-state index in [1.54, 1.807) is 19.2 Å². The molecular formula is C19H21N3O3. The van der Waals surface area contributed by atoms with Crippen LogP contribution in [-0.4, -0.2) is 25.1 Å². The molecule has 0 radical (unpaired) electrons. The second-order valence-corrected chi connectivity index (χ2v) is 5.44. The third-order valence-corrected chi connectivity index (χ3v) is 3.47. The van der Waals surface area contributed by atoms with Crippen LogP contribution in [0.15, 0.2) is 53.6 Å². The van der Waals surface area contributed by atoms with Gasteiger partial charge in [0.15, 0.2) is 0 Å². The summed E-state index contributed by atoms with van der Waals surface area (Å²) in [5, 5.41) is 6.62. The van der Waals surface area contributed by atoms with Crippen molar-refractivity contribution in [3.05, 3.63) is 59.7 Å². The molecule has 0 aliphatic carbocycles. The van der Waals surface area contributed by atoms with E-state index in [9.17, 15) is 9.59 Å². The van der Waals surface area contributed by atoms with E-state index in [2.05, 4.69) is 15.8 Å². The van der Waals surface area contributed by atoms with Crippen LogP contribution >= 0.6 is 0 Å². The highest BCUT2D eigenvalue weighted by molar-refractivity contribution is 5.93. The van der Waals surface area contributed by atoms with Gasteiger partial charge < -0.3 is 10.1 Å². The Morgan fingerprint density at radius 2 is 1.80 bits per heavy atom. The van der Waals surface area contributed by atoms with Crippen LogP contribution in [0.1, 0.15) is 24.0 Å². The number of aryl methyl sites for hydroxylation is 1. The van der Waals surface area contributed by atoms with Gasteiger partial charge in [0.05, 0.1) is 13.3 Å². The van der Waals surface area contributed by atoms with E-state index in [1.165, 1.54) is 6.21 Å². The standard InChI is InChI=1S/C19H21N3O3/c1-14-8-9-15(12-17(14)25-2)13-20-22-19(24)11-10-18(23)21-16-6-4-3-5-7-16/h3-9,12-13H,10-11H2,1-2H3,(H,21,23)(H,22,24). The zero-order chi connectivity index (χ0) is 18.1. The van der Waals surface area contributed by atoms with Crippen molar-refractivity contribution in [2.75, 3.05) is 12.4 Å². The van der Waals surface area contributed by atoms with E-state index in [-0.39, 0.29) is 24.7 Å². The number of hydrogen-bond acceptors (Lipinski definition) is 4. The molecule has 2 aromatic rings. The zero-order valence-corrected chi connectivity index (χ0v) is 14.3. The molecule has 25 heavy (non-hydrogen) atoms. The van der Waals surface area contributed by atoms with Gasteiger partial charge >= 0.3 is 0 Å². The molecular weight excluding hydrogens is 318 g/mol. The molecule has 2 amide bonds. The fourth-order valence-corrected chi connectivity index (χ4v) is 2.12. The molecule has 0 spiro atoms. The van der Waals surface area contributed by atoms with Crippen LogP contribution in [0.5, 0.6) is 5.75 Å². The molecule has 0 bridgehead atoms. The topological polar surface area (TPSA) is 79.8 Å². The lowest BCUT2D eigenvalue weighted by atomic mass is 10.1. The lowest BCUT2D eigenvalue weighted by molar-refractivity contribution is -0.124. The van der Waals surface area contributed by atoms with E-state index >= 15 is 0 Å². The van der Waals surface area contributed by atoms with Crippen LogP contribution in [0.3, 0.4) is 0 Å². The van der Waals surface area contributed by atoms with Gasteiger partial charge in [-0.15, -0.1) is 0 Å². The van der Waals surface area contributed by atoms with Crippen molar-refractivity contribution in [1.29, 1.82) is 0 Å². The zero-order valence-electron chi connectivity index (χ0n) is 14.3. The third kappa shape index (κ3) is 6.10. The Morgan fingerprint density at radius 1 is 1.08 bits per heavy atom. The summed E-state index contributed by atoms with van der Waals surface area (Å²) in [5.74, 6) is 0.222. The molecule has 2 rings (SSSR count). The summed E-state index contributed by atoms with van der Waals surface area (Å²) in [6.07, 6.45) is 1.69. The first-order chi connectivity index (χ1) is 12.1. The van der Waals surface area contributed by atoms with Gasteiger partial charge in [0.25, 0.3) is 0 Å². The number of hydrogen-bond donors (Lipinski definition) is 2. The number of benzene rings is 2. The SMILES string of the molecule is COc1cc(C=NNC(=O)CCC(=O)Nc2ccccc2)ccc1C. The van der Waals surface area contributed by atoms with Crippen LogP contribution in [-0.2, 0) is 9.59 Å². The molecule has 130 valence electrons. The predicted molar refractivity (Wildman–Crippen MR) is 97.8 cm³/mol. The number of anilines is 1. The van der Waals surface area contributed by atoms with Crippen LogP contribution in [0.4, 0.5) is 5.69 Å². The average molecular weight is 339 g/mol. The monoisotopic (exact) mass is 339 g/mol. The lowest BCUT2D eigenvalue weighted by Crippen LogP contribution is -2.20. The van der Waals surface area contributed by atoms with E-state index in [1.807, 2.05) is 43.3 Å². The summed E-state index contributed by atoms with van der Waals surface area (Å²) in [7, 11) is 1.60. The third-order valence-electron chi connectivity index (χ3n) is 3.47. The van der Waals surface area contributed by atoms with Crippen molar-refractivity contribution in [1.82, 2.24) is 5.43 Å². The summed E-state index contributed by atoms with van der Waals surface area (Å²) in [6.45, 7) is 1.95. The maximum Gasteiger partial charge on any atom is 0.240 e. The Balaban J connectivity index is 1.76. The van der Waals surface area contributed by atoms with Gasteiger partial charge in [-0.1, -0.05) is 30.3 Å². The Kier molecular flexibility index (Phi) is 6.71. The molecule has 2 aromatic carbocycles. The first kappa shape index (κ1) is 18.2. The van der Waals surface area contributed by atoms with Crippen LogP contribution < -0.4 is 15.5 Å². The number of carbonyl (C=O) groups excluding carboxylic acids is 2. The number of para-hydroxylation sites is 1. The molecule has 0 unspecified atom stereocenters. The Hall–Kier alpha value is -3.15. The molecule has 6 nitrogen and oxygen atoms in total. The van der Waals surface area contributed by atoms with Crippen molar-refractivity contribution in [3.8, 4) is 5.75 Å². The van der Waals surface area contributed by atoms with Crippen molar-refractivity contribution >= 4 is 23.7 Å². The smallest absolute Gasteiger partial charge is 0.240 e. The largest absolute Gasteiger partial charge is 0.496 e. The second-order valence-electron chi connectivity index (χ2n) is 5.44. The molecule has 0 heterocycles. The number of ether oxygens (including phenoxy) is 1. The number of carbonyl (C=O) groups is 2. The summed E-state index contributed by atoms with van der Waals surface area (Å²) in [6, 6.07) is 14.7. The first-order valence-electron chi connectivity index (χ1n) is 7.90. The minimum atomic E-state index is -0.321. The number of nitrogens with zero attached hydrogens (tertiary/aromatic N) is 1. The number of nitrogens with one attached hydrogen (secondary N) is 2. The molecule has 0 aliphatic rings. The molecule has 0 saturated heterocycles. The van der Waals surface area contributed by atoms with Crippen molar-refractivity contribution in [3.63, 3.8) is 0 Å². The van der Waals surface area contributed by atoms with Crippen molar-refractivity contribution < 1.29 is 14.3 Å². The molecule has 0 aromatic heterocycles. The van der Waals surface area contributed by atoms with Gasteiger partial charge in [0.1, 0.15) is 5.75 Å². The fraction of sp³-hybridized carbons (Fsp3) is 0.211. The maximum atomic E-state index is 11.8. The molecule has 0 saturated carbocycles. The highest BCUT2D eigenvalue weighted by Gasteiger charge is 2.06. The molecule has 0 fully saturated rings. The van der Waals surface area contributed by atoms with Gasteiger partial charge in [-0.3, -0.25) is 9.59 Å². The molecule has 6 heteroatoms. The van der Waals surface area contributed by atoms with Gasteiger partial charge in [-0.05, 0) is 36.2 Å². The fourth-order valence-electron chi connectivity index (χ4n) is 2.12. The predicted octanol–water partition coefficient (Wildman–Crippen LogP) is 2.87. The highest BCUT2D eigenvalue weighted by Crippen LogP contribution is 2.17. The molecule has 0 aliphatic heterocycles. The van der Waals surface area contributed by atoms with Gasteiger partial charge in [-0.25, -0.2) is 5.43 Å². The second kappa shape index (κ2) is 9.22. The maximum absolute atomic E-state index is 11.8. The molecule has 2 N–H and O–H groups in total. The summed E-state index contributed by atoms with van der Waals surface area (Å²) in [5.41, 5.74) is 4.95. The highest BCUT2D eigenvalue weighted by atomic mass is 16.5. The van der Waals surface area contributed by atoms with E-state index < -0.39 is 0 Å². The summed E-state index contributed by atoms with van der Waals surface area (Å²) in [4.78, 5) is 23.5. The van der Waals surface area contributed by atoms with E-state index in [0.717, 1.165) is 16.9 Å². The lowest BCUT2D eigenvalue weighted by Gasteiger charge is -2.05. The van der Waals surface area contributed by atoms with Gasteiger partial charge in [-0.2, -0.15) is 5.10 Å². The number of hydrazone groups is 1. The van der Waals surface area contributed by atoms with Crippen LogP contribution in [0.2, 0.25) is 0 Å². The van der Waals surface area contributed by atoms with Crippen LogP contribution in [0.25, 0.3) is 0 Å². The first-order valence-corrected chi connectivity index (χ1v) is 7.90. The average Bonchev–Trinajstić information content (AvgIpc) is 2.62. The van der Waals surface area contributed by atoms with Crippen molar-refractivity contribution in [2.24, 2.45) is 5.10 Å². The normalized spacial score (nSPS) is 10.5. The van der Waals surface area contributed by atoms with E-state index in [4.69, 9.17) is 4.74 Å². The Labute approximate surface area is 146 Å². The number of amides is 2. The minimum absolute atomic E-state index is 0.0627. The van der Waals surface area contributed by atoms with E-state index in [0.29, 0.717) is 5.69 Å². The Morgan fingerprint density at radius 3 is 2.52 bits per heavy atom. The molecule has 0 atom stereocenters. The quantitative estimate of drug-likeness (QED) is 0.601. The number of rotatable bonds is 7. The summed E-state index contributed by atoms with van der Waals surface area (Å²) < 4.78 is 5.23. The van der Waals surface area contributed by atoms with Crippen molar-refractivity contribution in [2.45, 2.75) is 19.8 Å². The summed E-state index contributed by atoms with van der Waals surface area (Å²) >= 11 is 0. The van der Waals surface area contributed by atoms with Gasteiger partial charge in [0, 0.05) is 18.5 Å². The minimum Gasteiger partial charge on any atom is -0.496 e.